The van der Waals surface area contributed by atoms with Crippen molar-refractivity contribution in [3.8, 4) is 0 Å². The van der Waals surface area contributed by atoms with Gasteiger partial charge in [-0.3, -0.25) is 9.59 Å². The Morgan fingerprint density at radius 2 is 1.91 bits per heavy atom. The van der Waals surface area contributed by atoms with Gasteiger partial charge in [0.25, 0.3) is 0 Å². The third kappa shape index (κ3) is 5.95. The van der Waals surface area contributed by atoms with Crippen LogP contribution in [0.25, 0.3) is 0 Å². The van der Waals surface area contributed by atoms with E-state index in [4.69, 9.17) is 4.74 Å². The molecule has 0 heterocycles. The monoisotopic (exact) mass is 312 g/mol. The van der Waals surface area contributed by atoms with Crippen LogP contribution in [0.2, 0.25) is 0 Å². The van der Waals surface area contributed by atoms with E-state index < -0.39 is 6.04 Å². The summed E-state index contributed by atoms with van der Waals surface area (Å²) >= 11 is 0. The molecule has 2 amide bonds. The summed E-state index contributed by atoms with van der Waals surface area (Å²) in [6.07, 6.45) is 5.14. The highest BCUT2D eigenvalue weighted by molar-refractivity contribution is 5.88. The van der Waals surface area contributed by atoms with Gasteiger partial charge in [0.05, 0.1) is 0 Å². The number of nitrogens with one attached hydrogen (secondary N) is 2. The van der Waals surface area contributed by atoms with Gasteiger partial charge in [-0.25, -0.2) is 0 Å². The van der Waals surface area contributed by atoms with Crippen molar-refractivity contribution in [3.05, 3.63) is 0 Å². The smallest absolute Gasteiger partial charge is 0.242 e. The Bertz CT molecular complexity index is 358. The van der Waals surface area contributed by atoms with E-state index in [1.807, 2.05) is 13.8 Å². The van der Waals surface area contributed by atoms with Crippen molar-refractivity contribution in [2.24, 2.45) is 17.8 Å². The Morgan fingerprint density at radius 3 is 2.50 bits per heavy atom. The average Bonchev–Trinajstić information content (AvgIpc) is 2.49. The quantitative estimate of drug-likeness (QED) is 0.675. The molecule has 0 aromatic carbocycles. The molecule has 3 atom stereocenters. The Kier molecular flexibility index (Phi) is 8.46. The van der Waals surface area contributed by atoms with E-state index in [1.54, 1.807) is 7.11 Å². The minimum absolute atomic E-state index is 0.0398. The Hall–Kier alpha value is -1.10. The molecule has 0 saturated heterocycles. The van der Waals surface area contributed by atoms with Crippen LogP contribution in [0.4, 0.5) is 0 Å². The standard InChI is InChI=1S/C17H32N2O3/c1-12(2)15(17(21)18-10-7-11-22-4)19-16(20)14-9-6-5-8-13(14)3/h12-15H,5-11H2,1-4H3,(H,18,21)(H,19,20)/t13-,14+,15+/m0/s1. The molecule has 0 unspecified atom stereocenters. The van der Waals surface area contributed by atoms with Crippen LogP contribution in [0.1, 0.15) is 52.9 Å². The Labute approximate surface area is 134 Å². The fraction of sp³-hybridized carbons (Fsp3) is 0.882. The highest BCUT2D eigenvalue weighted by atomic mass is 16.5. The zero-order valence-corrected chi connectivity index (χ0v) is 14.5. The van der Waals surface area contributed by atoms with Gasteiger partial charge in [-0.2, -0.15) is 0 Å². The van der Waals surface area contributed by atoms with Gasteiger partial charge in [0.15, 0.2) is 0 Å². The lowest BCUT2D eigenvalue weighted by Crippen LogP contribution is -2.52. The molecule has 0 aromatic rings. The second-order valence-electron chi connectivity index (χ2n) is 6.74. The summed E-state index contributed by atoms with van der Waals surface area (Å²) in [5.41, 5.74) is 0. The molecule has 2 N–H and O–H groups in total. The number of amides is 2. The molecule has 1 aliphatic carbocycles. The molecule has 1 aliphatic rings. The second-order valence-corrected chi connectivity index (χ2v) is 6.74. The number of carbonyl (C=O) groups excluding carboxylic acids is 2. The summed E-state index contributed by atoms with van der Waals surface area (Å²) in [6.45, 7) is 7.26. The van der Waals surface area contributed by atoms with Crippen molar-refractivity contribution in [1.82, 2.24) is 10.6 Å². The molecule has 0 aliphatic heterocycles. The summed E-state index contributed by atoms with van der Waals surface area (Å²) in [7, 11) is 1.64. The molecular formula is C17H32N2O3. The van der Waals surface area contributed by atoms with Crippen LogP contribution in [0.3, 0.4) is 0 Å². The van der Waals surface area contributed by atoms with Crippen molar-refractivity contribution in [2.45, 2.75) is 58.9 Å². The van der Waals surface area contributed by atoms with Gasteiger partial charge in [0.1, 0.15) is 6.04 Å². The first kappa shape index (κ1) is 18.9. The highest BCUT2D eigenvalue weighted by Gasteiger charge is 2.31. The fourth-order valence-electron chi connectivity index (χ4n) is 3.04. The second kappa shape index (κ2) is 9.82. The number of hydrogen-bond donors (Lipinski definition) is 2. The SMILES string of the molecule is COCCCNC(=O)[C@H](NC(=O)[C@@H]1CCCC[C@@H]1C)C(C)C. The van der Waals surface area contributed by atoms with Crippen molar-refractivity contribution >= 4 is 11.8 Å². The van der Waals surface area contributed by atoms with Crippen molar-refractivity contribution in [3.63, 3.8) is 0 Å². The molecule has 1 saturated carbocycles. The maximum Gasteiger partial charge on any atom is 0.242 e. The third-order valence-corrected chi connectivity index (χ3v) is 4.52. The first-order valence-corrected chi connectivity index (χ1v) is 8.54. The van der Waals surface area contributed by atoms with E-state index in [0.29, 0.717) is 19.1 Å². The topological polar surface area (TPSA) is 67.4 Å². The van der Waals surface area contributed by atoms with E-state index in [-0.39, 0.29) is 23.7 Å². The fourth-order valence-corrected chi connectivity index (χ4v) is 3.04. The van der Waals surface area contributed by atoms with E-state index in [1.165, 1.54) is 6.42 Å². The number of ether oxygens (including phenoxy) is 1. The summed E-state index contributed by atoms with van der Waals surface area (Å²) in [5.74, 6) is 0.480. The third-order valence-electron chi connectivity index (χ3n) is 4.52. The Balaban J connectivity index is 2.51. The summed E-state index contributed by atoms with van der Waals surface area (Å²) in [4.78, 5) is 24.8. The van der Waals surface area contributed by atoms with Gasteiger partial charge in [-0.15, -0.1) is 0 Å². The van der Waals surface area contributed by atoms with Crippen molar-refractivity contribution in [1.29, 1.82) is 0 Å². The lowest BCUT2D eigenvalue weighted by atomic mass is 9.79. The number of rotatable bonds is 8. The van der Waals surface area contributed by atoms with Gasteiger partial charge < -0.3 is 15.4 Å². The lowest BCUT2D eigenvalue weighted by molar-refractivity contribution is -0.133. The van der Waals surface area contributed by atoms with Crippen LogP contribution >= 0.6 is 0 Å². The number of hydrogen-bond acceptors (Lipinski definition) is 3. The minimum Gasteiger partial charge on any atom is -0.385 e. The number of carbonyl (C=O) groups is 2. The van der Waals surface area contributed by atoms with Crippen molar-refractivity contribution < 1.29 is 14.3 Å². The first-order chi connectivity index (χ1) is 10.5. The van der Waals surface area contributed by atoms with Crippen LogP contribution in [0.5, 0.6) is 0 Å². The van der Waals surface area contributed by atoms with Gasteiger partial charge in [0, 0.05) is 26.2 Å². The normalized spacial score (nSPS) is 23.1. The minimum atomic E-state index is -0.454. The van der Waals surface area contributed by atoms with E-state index in [2.05, 4.69) is 17.6 Å². The predicted molar refractivity (Wildman–Crippen MR) is 87.4 cm³/mol. The largest absolute Gasteiger partial charge is 0.385 e. The summed E-state index contributed by atoms with van der Waals surface area (Å²) in [6, 6.07) is -0.454. The molecule has 0 radical (unpaired) electrons. The first-order valence-electron chi connectivity index (χ1n) is 8.54. The zero-order chi connectivity index (χ0) is 16.5. The maximum absolute atomic E-state index is 12.5. The molecule has 0 aromatic heterocycles. The van der Waals surface area contributed by atoms with Crippen LogP contribution in [-0.4, -0.2) is 38.1 Å². The zero-order valence-electron chi connectivity index (χ0n) is 14.5. The van der Waals surface area contributed by atoms with E-state index in [0.717, 1.165) is 25.7 Å². The van der Waals surface area contributed by atoms with E-state index in [9.17, 15) is 9.59 Å². The molecule has 5 nitrogen and oxygen atoms in total. The Morgan fingerprint density at radius 1 is 1.23 bits per heavy atom. The highest BCUT2D eigenvalue weighted by Crippen LogP contribution is 2.29. The maximum atomic E-state index is 12.5. The predicted octanol–water partition coefficient (Wildman–Crippen LogP) is 2.11. The summed E-state index contributed by atoms with van der Waals surface area (Å²) in [5, 5.41) is 5.86. The molecule has 128 valence electrons. The van der Waals surface area contributed by atoms with E-state index >= 15 is 0 Å². The van der Waals surface area contributed by atoms with Gasteiger partial charge in [-0.1, -0.05) is 33.6 Å². The lowest BCUT2D eigenvalue weighted by Gasteiger charge is -2.30. The molecule has 5 heteroatoms. The number of methoxy groups -OCH3 is 1. The van der Waals surface area contributed by atoms with Crippen molar-refractivity contribution in [2.75, 3.05) is 20.3 Å². The average molecular weight is 312 g/mol. The van der Waals surface area contributed by atoms with Crippen LogP contribution in [0.15, 0.2) is 0 Å². The molecule has 1 fully saturated rings. The molecule has 0 bridgehead atoms. The summed E-state index contributed by atoms with van der Waals surface area (Å²) < 4.78 is 4.97. The van der Waals surface area contributed by atoms with Crippen LogP contribution in [0, 0.1) is 17.8 Å². The van der Waals surface area contributed by atoms with Crippen LogP contribution in [-0.2, 0) is 14.3 Å². The van der Waals surface area contributed by atoms with Gasteiger partial charge in [0.2, 0.25) is 11.8 Å². The molecule has 0 spiro atoms. The van der Waals surface area contributed by atoms with Gasteiger partial charge >= 0.3 is 0 Å². The molecule has 1 rings (SSSR count). The molecule has 22 heavy (non-hydrogen) atoms. The van der Waals surface area contributed by atoms with Gasteiger partial charge in [-0.05, 0) is 31.1 Å². The van der Waals surface area contributed by atoms with Crippen LogP contribution < -0.4 is 10.6 Å². The molecular weight excluding hydrogens is 280 g/mol.